The van der Waals surface area contributed by atoms with Crippen molar-refractivity contribution in [2.75, 3.05) is 0 Å². The molecular formula is C38H50N8O3. The van der Waals surface area contributed by atoms with E-state index >= 15 is 0 Å². The summed E-state index contributed by atoms with van der Waals surface area (Å²) in [7, 11) is 0. The molecule has 1 aliphatic carbocycles. The number of fused-ring (bicyclic) bond motifs is 1. The van der Waals surface area contributed by atoms with E-state index in [4.69, 9.17) is 21.3 Å². The van der Waals surface area contributed by atoms with Crippen LogP contribution in [0.2, 0.25) is 0 Å². The molecule has 1 aromatic heterocycles. The number of piperidine rings is 1. The molecule has 4 atom stereocenters. The number of allylic oxidation sites excluding steroid dienone is 1. The molecule has 1 aliphatic heterocycles. The van der Waals surface area contributed by atoms with Crippen LogP contribution >= 0.6 is 0 Å². The maximum atomic E-state index is 13.5. The van der Waals surface area contributed by atoms with Crippen molar-refractivity contribution in [1.29, 1.82) is 10.8 Å². The number of benzene rings is 2. The summed E-state index contributed by atoms with van der Waals surface area (Å²) in [4.78, 5) is 20.2. The molecule has 5 rings (SSSR count). The molecule has 0 spiro atoms. The SMILES string of the molecule is CC1CCCC(C)N1C(=N)n1cc(OC2CCC(NC(=O)NC(/C=C(\N)C(C)(C)C)=Nc3cccc(CO)c3)c3ccccc32)ccc1=N. The van der Waals surface area contributed by atoms with Crippen LogP contribution in [-0.2, 0) is 6.61 Å². The third-order valence-corrected chi connectivity index (χ3v) is 9.35. The van der Waals surface area contributed by atoms with E-state index in [0.29, 0.717) is 35.5 Å². The number of amidine groups is 1. The van der Waals surface area contributed by atoms with Crippen molar-refractivity contribution in [3.8, 4) is 5.75 Å². The average molecular weight is 667 g/mol. The molecule has 0 bridgehead atoms. The van der Waals surface area contributed by atoms with Gasteiger partial charge in [0.15, 0.2) is 0 Å². The number of ether oxygens (including phenoxy) is 1. The van der Waals surface area contributed by atoms with Crippen LogP contribution in [0.15, 0.2) is 83.6 Å². The largest absolute Gasteiger partial charge is 0.484 e. The molecule has 260 valence electrons. The minimum Gasteiger partial charge on any atom is -0.484 e. The predicted octanol–water partition coefficient (Wildman–Crippen LogP) is 6.38. The number of amides is 2. The van der Waals surface area contributed by atoms with Gasteiger partial charge in [-0.2, -0.15) is 0 Å². The maximum absolute atomic E-state index is 13.5. The summed E-state index contributed by atoms with van der Waals surface area (Å²) in [6.45, 7) is 10.1. The Kier molecular flexibility index (Phi) is 10.9. The van der Waals surface area contributed by atoms with Crippen LogP contribution in [0, 0.1) is 16.2 Å². The summed E-state index contributed by atoms with van der Waals surface area (Å²) < 4.78 is 8.14. The molecular weight excluding hydrogens is 616 g/mol. The molecule has 1 fully saturated rings. The van der Waals surface area contributed by atoms with Crippen LogP contribution in [0.1, 0.15) is 95.6 Å². The molecule has 2 heterocycles. The Bertz CT molecular complexity index is 1780. The number of pyridine rings is 1. The molecule has 0 radical (unpaired) electrons. The fourth-order valence-corrected chi connectivity index (χ4v) is 6.51. The number of aliphatic hydroxyl groups is 1. The van der Waals surface area contributed by atoms with Crippen LogP contribution in [0.3, 0.4) is 0 Å². The zero-order valence-corrected chi connectivity index (χ0v) is 29.2. The number of aliphatic imine (C=N–C) groups is 1. The second-order valence-corrected chi connectivity index (χ2v) is 14.1. The van der Waals surface area contributed by atoms with Crippen molar-refractivity contribution < 1.29 is 14.6 Å². The van der Waals surface area contributed by atoms with Crippen molar-refractivity contribution in [3.05, 3.63) is 101 Å². The van der Waals surface area contributed by atoms with Gasteiger partial charge in [-0.25, -0.2) is 9.79 Å². The lowest BCUT2D eigenvalue weighted by atomic mass is 9.85. The van der Waals surface area contributed by atoms with Crippen molar-refractivity contribution in [2.24, 2.45) is 16.1 Å². The first-order valence-corrected chi connectivity index (χ1v) is 17.1. The number of carbonyl (C=O) groups is 1. The number of nitrogens with one attached hydrogen (secondary N) is 4. The molecule has 0 saturated carbocycles. The topological polar surface area (TPSA) is 165 Å². The molecule has 1 saturated heterocycles. The fraction of sp³-hybridized carbons (Fsp3) is 0.421. The molecule has 4 unspecified atom stereocenters. The highest BCUT2D eigenvalue weighted by atomic mass is 16.5. The summed E-state index contributed by atoms with van der Waals surface area (Å²) in [5, 5.41) is 33.1. The van der Waals surface area contributed by atoms with Gasteiger partial charge in [-0.3, -0.25) is 20.7 Å². The minimum absolute atomic E-state index is 0.116. The summed E-state index contributed by atoms with van der Waals surface area (Å²) in [5.41, 5.74) is 10.0. The maximum Gasteiger partial charge on any atom is 0.320 e. The van der Waals surface area contributed by atoms with E-state index in [-0.39, 0.29) is 53.5 Å². The van der Waals surface area contributed by atoms with E-state index in [0.717, 1.165) is 30.4 Å². The second-order valence-electron chi connectivity index (χ2n) is 14.1. The number of nitrogens with zero attached hydrogens (tertiary/aromatic N) is 3. The number of likely N-dealkylation sites (tertiary alicyclic amines) is 1. The van der Waals surface area contributed by atoms with Crippen LogP contribution < -0.4 is 26.6 Å². The fourth-order valence-electron chi connectivity index (χ4n) is 6.51. The Morgan fingerprint density at radius 3 is 2.45 bits per heavy atom. The summed E-state index contributed by atoms with van der Waals surface area (Å²) >= 11 is 0. The minimum atomic E-state index is -0.416. The van der Waals surface area contributed by atoms with Gasteiger partial charge >= 0.3 is 6.03 Å². The number of carbonyl (C=O) groups excluding carboxylic acids is 1. The Hall–Kier alpha value is -4.90. The lowest BCUT2D eigenvalue weighted by Gasteiger charge is -2.41. The highest BCUT2D eigenvalue weighted by molar-refractivity contribution is 6.05. The zero-order valence-electron chi connectivity index (χ0n) is 29.2. The van der Waals surface area contributed by atoms with E-state index in [2.05, 4.69) is 34.4 Å². The average Bonchev–Trinajstić information content (AvgIpc) is 3.06. The molecule has 3 aromatic rings. The van der Waals surface area contributed by atoms with Gasteiger partial charge in [0.05, 0.1) is 24.5 Å². The second kappa shape index (κ2) is 15.1. The van der Waals surface area contributed by atoms with Crippen LogP contribution in [0.25, 0.3) is 0 Å². The van der Waals surface area contributed by atoms with Crippen molar-refractivity contribution in [2.45, 2.75) is 97.6 Å². The summed E-state index contributed by atoms with van der Waals surface area (Å²) in [6, 6.07) is 18.3. The normalized spacial score (nSPS) is 21.5. The van der Waals surface area contributed by atoms with Gasteiger partial charge in [0.25, 0.3) is 0 Å². The molecule has 2 aromatic carbocycles. The van der Waals surface area contributed by atoms with Crippen molar-refractivity contribution in [1.82, 2.24) is 20.1 Å². The van der Waals surface area contributed by atoms with E-state index in [1.54, 1.807) is 53.2 Å². The van der Waals surface area contributed by atoms with E-state index in [9.17, 15) is 9.90 Å². The van der Waals surface area contributed by atoms with Gasteiger partial charge in [-0.1, -0.05) is 57.2 Å². The predicted molar refractivity (Wildman–Crippen MR) is 193 cm³/mol. The summed E-state index contributed by atoms with van der Waals surface area (Å²) in [5.74, 6) is 1.16. The monoisotopic (exact) mass is 666 g/mol. The number of aromatic nitrogens is 1. The third-order valence-electron chi connectivity index (χ3n) is 9.35. The molecule has 11 nitrogen and oxygen atoms in total. The summed E-state index contributed by atoms with van der Waals surface area (Å²) in [6.07, 6.45) is 7.62. The number of hydrogen-bond donors (Lipinski definition) is 6. The van der Waals surface area contributed by atoms with Gasteiger partial charge in [0, 0.05) is 29.3 Å². The first-order valence-electron chi connectivity index (χ1n) is 17.1. The molecule has 7 N–H and O–H groups in total. The Labute approximate surface area is 288 Å². The van der Waals surface area contributed by atoms with E-state index in [1.165, 1.54) is 0 Å². The molecule has 2 amide bonds. The molecule has 11 heteroatoms. The Morgan fingerprint density at radius 2 is 1.76 bits per heavy atom. The highest BCUT2D eigenvalue weighted by Crippen LogP contribution is 2.38. The first-order chi connectivity index (χ1) is 23.3. The van der Waals surface area contributed by atoms with Gasteiger partial charge in [-0.05, 0) is 86.9 Å². The number of urea groups is 1. The standard InChI is InChI=1S/C38H50N8O3/c1-24-10-8-11-25(2)46(24)36(41)45-22-28(16-19-34(45)40)49-32-18-17-31(29-14-6-7-15-30(29)32)43-37(48)44-35(21-33(39)38(3,4)5)42-27-13-9-12-26(20-27)23-47/h6-7,9,12-16,19-22,24-25,31-32,40-41,47H,8,10-11,17-18,23,39H2,1-5H3,(H2,42,43,44,48)/b33-21-,40-34?,41-36?. The molecule has 2 aliphatic rings. The lowest BCUT2D eigenvalue weighted by molar-refractivity contribution is 0.169. The van der Waals surface area contributed by atoms with Crippen LogP contribution in [-0.4, -0.2) is 44.5 Å². The van der Waals surface area contributed by atoms with E-state index < -0.39 is 6.03 Å². The van der Waals surface area contributed by atoms with Gasteiger partial charge in [0.2, 0.25) is 5.96 Å². The molecule has 49 heavy (non-hydrogen) atoms. The quantitative estimate of drug-likeness (QED) is 0.133. The third kappa shape index (κ3) is 8.58. The van der Waals surface area contributed by atoms with Crippen LogP contribution in [0.5, 0.6) is 5.75 Å². The smallest absolute Gasteiger partial charge is 0.320 e. The lowest BCUT2D eigenvalue weighted by Crippen LogP contribution is -2.51. The number of hydrogen-bond acceptors (Lipinski definition) is 7. The van der Waals surface area contributed by atoms with E-state index in [1.807, 2.05) is 45.0 Å². The number of nitrogens with two attached hydrogens (primary N) is 1. The van der Waals surface area contributed by atoms with Gasteiger partial charge < -0.3 is 25.8 Å². The zero-order chi connectivity index (χ0) is 35.3. The van der Waals surface area contributed by atoms with Crippen molar-refractivity contribution >= 4 is 23.5 Å². The van der Waals surface area contributed by atoms with Crippen LogP contribution in [0.4, 0.5) is 10.5 Å². The number of aliphatic hydroxyl groups excluding tert-OH is 1. The van der Waals surface area contributed by atoms with Crippen molar-refractivity contribution in [3.63, 3.8) is 0 Å². The highest BCUT2D eigenvalue weighted by Gasteiger charge is 2.31. The Morgan fingerprint density at radius 1 is 1.04 bits per heavy atom. The van der Waals surface area contributed by atoms with Gasteiger partial charge in [0.1, 0.15) is 23.2 Å². The Balaban J connectivity index is 1.33. The number of rotatable bonds is 6. The first kappa shape index (κ1) is 35.4. The van der Waals surface area contributed by atoms with Gasteiger partial charge in [-0.15, -0.1) is 0 Å².